The molecule has 4 N–H and O–H groups in total. The maximum Gasteiger partial charge on any atom is 0.306 e. The summed E-state index contributed by atoms with van der Waals surface area (Å²) in [6.45, 7) is 4.36. The summed E-state index contributed by atoms with van der Waals surface area (Å²) in [6.07, 6.45) is 34.2. The summed E-state index contributed by atoms with van der Waals surface area (Å²) in [4.78, 5) is 12.7. The topological polar surface area (TPSA) is 135 Å². The largest absolute Gasteiger partial charge is 0.457 e. The molecule has 0 aliphatic carbocycles. The molecule has 1 fully saturated rings. The molecule has 0 amide bonds. The molecule has 6 atom stereocenters. The zero-order valence-corrected chi connectivity index (χ0v) is 32.8. The third kappa shape index (κ3) is 26.0. The molecule has 0 aromatic rings. The third-order valence-corrected chi connectivity index (χ3v) is 9.23. The first-order chi connectivity index (χ1) is 25.4. The Balaban J connectivity index is 2.33. The maximum absolute atomic E-state index is 12.7. The van der Waals surface area contributed by atoms with Gasteiger partial charge in [-0.1, -0.05) is 127 Å². The first-order valence-corrected chi connectivity index (χ1v) is 20.7. The van der Waals surface area contributed by atoms with Crippen molar-refractivity contribution in [2.75, 3.05) is 26.4 Å². The van der Waals surface area contributed by atoms with Crippen molar-refractivity contribution in [2.24, 2.45) is 0 Å². The number of ether oxygens (including phenoxy) is 4. The van der Waals surface area contributed by atoms with Crippen LogP contribution in [0.3, 0.4) is 0 Å². The smallest absolute Gasteiger partial charge is 0.306 e. The molecule has 0 aromatic heterocycles. The average Bonchev–Trinajstić information content (AvgIpc) is 3.14. The van der Waals surface area contributed by atoms with Crippen LogP contribution in [-0.4, -0.2) is 89.6 Å². The van der Waals surface area contributed by atoms with Crippen molar-refractivity contribution in [3.63, 3.8) is 0 Å². The Hall–Kier alpha value is -1.85. The van der Waals surface area contributed by atoms with Gasteiger partial charge in [0.1, 0.15) is 30.5 Å². The van der Waals surface area contributed by atoms with E-state index in [1.807, 2.05) is 0 Å². The van der Waals surface area contributed by atoms with Gasteiger partial charge in [-0.2, -0.15) is 0 Å². The number of hydrogen-bond donors (Lipinski definition) is 4. The molecule has 1 aliphatic rings. The summed E-state index contributed by atoms with van der Waals surface area (Å²) >= 11 is 0. The molecule has 302 valence electrons. The van der Waals surface area contributed by atoms with Gasteiger partial charge in [0.15, 0.2) is 6.29 Å². The van der Waals surface area contributed by atoms with E-state index in [-0.39, 0.29) is 19.2 Å². The van der Waals surface area contributed by atoms with E-state index >= 15 is 0 Å². The number of hydrogen-bond acceptors (Lipinski definition) is 9. The lowest BCUT2D eigenvalue weighted by Gasteiger charge is -2.39. The van der Waals surface area contributed by atoms with E-state index in [2.05, 4.69) is 62.5 Å². The number of aliphatic hydroxyl groups excluding tert-OH is 4. The minimum atomic E-state index is -1.54. The molecule has 0 aromatic carbocycles. The molecule has 1 rings (SSSR count). The summed E-state index contributed by atoms with van der Waals surface area (Å²) in [5.74, 6) is -0.333. The van der Waals surface area contributed by atoms with Gasteiger partial charge in [-0.25, -0.2) is 0 Å². The molecule has 52 heavy (non-hydrogen) atoms. The summed E-state index contributed by atoms with van der Waals surface area (Å²) in [5, 5.41) is 40.0. The molecule has 6 unspecified atom stereocenters. The Labute approximate surface area is 316 Å². The Kier molecular flexibility index (Phi) is 32.3. The zero-order valence-electron chi connectivity index (χ0n) is 32.8. The highest BCUT2D eigenvalue weighted by molar-refractivity contribution is 5.69. The summed E-state index contributed by atoms with van der Waals surface area (Å²) in [7, 11) is 0. The molecule has 9 nitrogen and oxygen atoms in total. The van der Waals surface area contributed by atoms with Crippen LogP contribution >= 0.6 is 0 Å². The summed E-state index contributed by atoms with van der Waals surface area (Å²) in [5.41, 5.74) is 0. The lowest BCUT2D eigenvalue weighted by atomic mass is 9.99. The maximum atomic E-state index is 12.7. The van der Waals surface area contributed by atoms with E-state index in [1.54, 1.807) is 0 Å². The van der Waals surface area contributed by atoms with Crippen molar-refractivity contribution < 1.29 is 44.2 Å². The lowest BCUT2D eigenvalue weighted by molar-refractivity contribution is -0.305. The molecule has 0 bridgehead atoms. The van der Waals surface area contributed by atoms with Gasteiger partial charge in [0.25, 0.3) is 0 Å². The van der Waals surface area contributed by atoms with Gasteiger partial charge in [0, 0.05) is 13.0 Å². The van der Waals surface area contributed by atoms with E-state index in [0.29, 0.717) is 13.0 Å². The van der Waals surface area contributed by atoms with Gasteiger partial charge < -0.3 is 39.4 Å². The molecule has 1 aliphatic heterocycles. The van der Waals surface area contributed by atoms with Crippen LogP contribution in [0.25, 0.3) is 0 Å². The van der Waals surface area contributed by atoms with Crippen molar-refractivity contribution in [2.45, 2.75) is 192 Å². The van der Waals surface area contributed by atoms with E-state index in [1.165, 1.54) is 51.4 Å². The summed E-state index contributed by atoms with van der Waals surface area (Å²) < 4.78 is 22.7. The number of rotatable bonds is 34. The quantitative estimate of drug-likeness (QED) is 0.0291. The van der Waals surface area contributed by atoms with E-state index < -0.39 is 43.4 Å². The third-order valence-electron chi connectivity index (χ3n) is 9.23. The second-order valence-corrected chi connectivity index (χ2v) is 14.0. The van der Waals surface area contributed by atoms with Gasteiger partial charge in [-0.15, -0.1) is 0 Å². The fourth-order valence-corrected chi connectivity index (χ4v) is 5.97. The average molecular weight is 737 g/mol. The lowest BCUT2D eigenvalue weighted by Crippen LogP contribution is -2.59. The number of unbranched alkanes of at least 4 members (excludes halogenated alkanes) is 15. The van der Waals surface area contributed by atoms with Crippen molar-refractivity contribution in [1.82, 2.24) is 0 Å². The minimum absolute atomic E-state index is 0.125. The minimum Gasteiger partial charge on any atom is -0.457 e. The molecular weight excluding hydrogens is 660 g/mol. The fourth-order valence-electron chi connectivity index (χ4n) is 5.97. The zero-order chi connectivity index (χ0) is 37.9. The Bertz CT molecular complexity index is 932. The van der Waals surface area contributed by atoms with Crippen molar-refractivity contribution in [1.29, 1.82) is 0 Å². The monoisotopic (exact) mass is 737 g/mol. The highest BCUT2D eigenvalue weighted by Crippen LogP contribution is 2.22. The second kappa shape index (κ2) is 34.9. The van der Waals surface area contributed by atoms with Gasteiger partial charge >= 0.3 is 5.97 Å². The number of aliphatic hydroxyl groups is 4. The van der Waals surface area contributed by atoms with Gasteiger partial charge in [0.05, 0.1) is 19.8 Å². The first-order valence-electron chi connectivity index (χ1n) is 20.7. The molecule has 0 radical (unpaired) electrons. The van der Waals surface area contributed by atoms with Gasteiger partial charge in [0.2, 0.25) is 0 Å². The Morgan fingerprint density at radius 3 is 1.79 bits per heavy atom. The molecule has 1 heterocycles. The van der Waals surface area contributed by atoms with Crippen LogP contribution < -0.4 is 0 Å². The first kappa shape index (κ1) is 48.2. The highest BCUT2D eigenvalue weighted by atomic mass is 16.7. The van der Waals surface area contributed by atoms with E-state index in [0.717, 1.165) is 83.5 Å². The number of allylic oxidation sites excluding steroid dienone is 8. The molecule has 0 spiro atoms. The van der Waals surface area contributed by atoms with E-state index in [4.69, 9.17) is 18.9 Å². The van der Waals surface area contributed by atoms with Crippen LogP contribution in [-0.2, 0) is 23.7 Å². The molecule has 9 heteroatoms. The van der Waals surface area contributed by atoms with Crippen LogP contribution in [0.1, 0.15) is 155 Å². The predicted molar refractivity (Wildman–Crippen MR) is 210 cm³/mol. The Morgan fingerprint density at radius 1 is 0.635 bits per heavy atom. The number of carbonyl (C=O) groups is 1. The van der Waals surface area contributed by atoms with Crippen molar-refractivity contribution in [3.05, 3.63) is 48.6 Å². The second-order valence-electron chi connectivity index (χ2n) is 14.0. The van der Waals surface area contributed by atoms with Gasteiger partial charge in [-0.05, 0) is 70.6 Å². The van der Waals surface area contributed by atoms with E-state index in [9.17, 15) is 25.2 Å². The Morgan fingerprint density at radius 2 is 1.17 bits per heavy atom. The van der Waals surface area contributed by atoms with Crippen LogP contribution in [0.15, 0.2) is 48.6 Å². The molecular formula is C43H76O9. The predicted octanol–water partition coefficient (Wildman–Crippen LogP) is 8.58. The SMILES string of the molecule is CC/C=C\C/C=C\C/C=C\CCCCCCOCC(COC1OC(CO)C(O)C(O)C1O)OC(=O)CCCCCCC/C=C\CCCCCCCC. The van der Waals surface area contributed by atoms with Gasteiger partial charge in [-0.3, -0.25) is 4.79 Å². The standard InChI is InChI=1S/C43H76O9/c1-3-5-7-9-11-13-15-17-19-20-22-24-26-28-30-32-39(45)51-37(36-50-43-42(48)41(47)40(46)38(34-44)52-43)35-49-33-31-29-27-25-23-21-18-16-14-12-10-8-6-4-2/h6,8,12,14,17-19,21,37-38,40-44,46-48H,3-5,7,9-11,13,15-16,20,22-36H2,1-2H3/b8-6-,14-12-,19-17-,21-18-. The highest BCUT2D eigenvalue weighted by Gasteiger charge is 2.44. The van der Waals surface area contributed by atoms with Crippen LogP contribution in [0.5, 0.6) is 0 Å². The van der Waals surface area contributed by atoms with Crippen molar-refractivity contribution >= 4 is 5.97 Å². The molecule has 0 saturated carbocycles. The van der Waals surface area contributed by atoms with Crippen LogP contribution in [0.2, 0.25) is 0 Å². The normalized spacial score (nSPS) is 21.7. The van der Waals surface area contributed by atoms with Crippen molar-refractivity contribution in [3.8, 4) is 0 Å². The summed E-state index contributed by atoms with van der Waals surface area (Å²) in [6, 6.07) is 0. The fraction of sp³-hybridized carbons (Fsp3) is 0.791. The number of esters is 1. The number of carbonyl (C=O) groups excluding carboxylic acids is 1. The van der Waals surface area contributed by atoms with Crippen LogP contribution in [0.4, 0.5) is 0 Å². The molecule has 1 saturated heterocycles. The van der Waals surface area contributed by atoms with Crippen LogP contribution in [0, 0.1) is 0 Å².